The summed E-state index contributed by atoms with van der Waals surface area (Å²) in [7, 11) is 1.90. The molecular weight excluding hydrogens is 212 g/mol. The highest BCUT2D eigenvalue weighted by molar-refractivity contribution is 6.08. The molecule has 0 bridgehead atoms. The molecule has 1 aromatic carbocycles. The number of nitrogens with one attached hydrogen (secondary N) is 1. The Bertz CT molecular complexity index is 491. The van der Waals surface area contributed by atoms with E-state index in [1.807, 2.05) is 31.3 Å². The summed E-state index contributed by atoms with van der Waals surface area (Å²) in [5.74, 6) is 0.00843. The number of carbonyl (C=O) groups is 1. The van der Waals surface area contributed by atoms with Gasteiger partial charge in [0.05, 0.1) is 0 Å². The molecule has 0 radical (unpaired) electrons. The van der Waals surface area contributed by atoms with Crippen LogP contribution in [0.25, 0.3) is 0 Å². The van der Waals surface area contributed by atoms with Gasteiger partial charge in [-0.1, -0.05) is 24.3 Å². The third kappa shape index (κ3) is 2.77. The largest absolute Gasteiger partial charge is 0.316 e. The summed E-state index contributed by atoms with van der Waals surface area (Å²) in [5, 5.41) is 3.07. The predicted molar refractivity (Wildman–Crippen MR) is 66.9 cm³/mol. The summed E-state index contributed by atoms with van der Waals surface area (Å²) in [6, 6.07) is 11.2. The van der Waals surface area contributed by atoms with Crippen LogP contribution in [0.15, 0.2) is 48.8 Å². The van der Waals surface area contributed by atoms with Crippen molar-refractivity contribution in [2.24, 2.45) is 0 Å². The van der Waals surface area contributed by atoms with E-state index in [0.717, 1.165) is 12.1 Å². The van der Waals surface area contributed by atoms with Gasteiger partial charge in [0.2, 0.25) is 0 Å². The number of benzene rings is 1. The highest BCUT2D eigenvalue weighted by Gasteiger charge is 2.08. The molecular formula is C14H14N2O. The summed E-state index contributed by atoms with van der Waals surface area (Å²) >= 11 is 0. The van der Waals surface area contributed by atoms with E-state index in [2.05, 4.69) is 10.3 Å². The Morgan fingerprint density at radius 2 is 1.94 bits per heavy atom. The van der Waals surface area contributed by atoms with E-state index in [-0.39, 0.29) is 5.78 Å². The molecule has 0 unspecified atom stereocenters. The molecule has 17 heavy (non-hydrogen) atoms. The topological polar surface area (TPSA) is 42.0 Å². The van der Waals surface area contributed by atoms with Crippen molar-refractivity contribution in [2.75, 3.05) is 7.05 Å². The fraction of sp³-hybridized carbons (Fsp3) is 0.143. The van der Waals surface area contributed by atoms with Crippen molar-refractivity contribution in [2.45, 2.75) is 6.54 Å². The number of carbonyl (C=O) groups excluding carboxylic acids is 1. The Morgan fingerprint density at radius 3 is 2.53 bits per heavy atom. The van der Waals surface area contributed by atoms with Crippen molar-refractivity contribution in [1.82, 2.24) is 10.3 Å². The highest BCUT2D eigenvalue weighted by Crippen LogP contribution is 2.10. The maximum Gasteiger partial charge on any atom is 0.194 e. The number of rotatable bonds is 4. The molecule has 0 amide bonds. The van der Waals surface area contributed by atoms with E-state index >= 15 is 0 Å². The first-order chi connectivity index (χ1) is 8.31. The van der Waals surface area contributed by atoms with Gasteiger partial charge in [0.15, 0.2) is 5.78 Å². The van der Waals surface area contributed by atoms with Gasteiger partial charge < -0.3 is 5.32 Å². The van der Waals surface area contributed by atoms with Crippen molar-refractivity contribution in [1.29, 1.82) is 0 Å². The molecule has 0 fully saturated rings. The molecule has 0 spiro atoms. The Labute approximate surface area is 101 Å². The van der Waals surface area contributed by atoms with E-state index in [4.69, 9.17) is 0 Å². The molecule has 1 heterocycles. The lowest BCUT2D eigenvalue weighted by atomic mass is 10.0. The summed E-state index contributed by atoms with van der Waals surface area (Å²) < 4.78 is 0. The normalized spacial score (nSPS) is 10.2. The first kappa shape index (κ1) is 11.5. The standard InChI is InChI=1S/C14H14N2O/c1-15-9-11-4-6-12(7-5-11)14(17)13-3-2-8-16-10-13/h2-8,10,15H,9H2,1H3. The Morgan fingerprint density at radius 1 is 1.18 bits per heavy atom. The number of hydrogen-bond donors (Lipinski definition) is 1. The van der Waals surface area contributed by atoms with E-state index < -0.39 is 0 Å². The van der Waals surface area contributed by atoms with Crippen molar-refractivity contribution >= 4 is 5.78 Å². The van der Waals surface area contributed by atoms with Gasteiger partial charge in [-0.25, -0.2) is 0 Å². The molecule has 3 nitrogen and oxygen atoms in total. The minimum atomic E-state index is 0.00843. The molecule has 0 saturated carbocycles. The van der Waals surface area contributed by atoms with Crippen LogP contribution < -0.4 is 5.32 Å². The molecule has 0 atom stereocenters. The number of aromatic nitrogens is 1. The van der Waals surface area contributed by atoms with Gasteiger partial charge in [-0.05, 0) is 24.7 Å². The first-order valence-electron chi connectivity index (χ1n) is 5.49. The van der Waals surface area contributed by atoms with Crippen molar-refractivity contribution in [3.8, 4) is 0 Å². The Hall–Kier alpha value is -2.00. The number of nitrogens with zero attached hydrogens (tertiary/aromatic N) is 1. The molecule has 0 saturated heterocycles. The van der Waals surface area contributed by atoms with Crippen molar-refractivity contribution in [3.05, 3.63) is 65.5 Å². The summed E-state index contributed by atoms with van der Waals surface area (Å²) in [6.45, 7) is 0.807. The molecule has 3 heteroatoms. The molecule has 86 valence electrons. The van der Waals surface area contributed by atoms with Crippen LogP contribution in [0.5, 0.6) is 0 Å². The van der Waals surface area contributed by atoms with Crippen LogP contribution in [-0.4, -0.2) is 17.8 Å². The lowest BCUT2D eigenvalue weighted by Crippen LogP contribution is -2.06. The fourth-order valence-corrected chi connectivity index (χ4v) is 1.64. The number of ketones is 1. The molecule has 1 N–H and O–H groups in total. The minimum absolute atomic E-state index is 0.00843. The van der Waals surface area contributed by atoms with Gasteiger partial charge in [-0.15, -0.1) is 0 Å². The molecule has 0 aliphatic carbocycles. The maximum absolute atomic E-state index is 12.1. The third-order valence-electron chi connectivity index (χ3n) is 2.52. The van der Waals surface area contributed by atoms with Crippen LogP contribution in [0.1, 0.15) is 21.5 Å². The quantitative estimate of drug-likeness (QED) is 0.811. The second kappa shape index (κ2) is 5.37. The van der Waals surface area contributed by atoms with Crippen LogP contribution in [0.4, 0.5) is 0 Å². The van der Waals surface area contributed by atoms with Crippen LogP contribution in [0.3, 0.4) is 0 Å². The van der Waals surface area contributed by atoms with Crippen LogP contribution in [0.2, 0.25) is 0 Å². The summed E-state index contributed by atoms with van der Waals surface area (Å²) in [4.78, 5) is 16.0. The average Bonchev–Trinajstić information content (AvgIpc) is 2.40. The van der Waals surface area contributed by atoms with Crippen LogP contribution in [0, 0.1) is 0 Å². The SMILES string of the molecule is CNCc1ccc(C(=O)c2cccnc2)cc1. The Balaban J connectivity index is 2.20. The van der Waals surface area contributed by atoms with Gasteiger partial charge in [0.25, 0.3) is 0 Å². The van der Waals surface area contributed by atoms with Crippen LogP contribution in [-0.2, 0) is 6.54 Å². The van der Waals surface area contributed by atoms with Crippen molar-refractivity contribution < 1.29 is 4.79 Å². The lowest BCUT2D eigenvalue weighted by Gasteiger charge is -2.03. The zero-order valence-corrected chi connectivity index (χ0v) is 9.68. The van der Waals surface area contributed by atoms with E-state index in [9.17, 15) is 4.79 Å². The molecule has 0 aliphatic rings. The Kier molecular flexibility index (Phi) is 3.62. The van der Waals surface area contributed by atoms with Crippen molar-refractivity contribution in [3.63, 3.8) is 0 Å². The highest BCUT2D eigenvalue weighted by atomic mass is 16.1. The predicted octanol–water partition coefficient (Wildman–Crippen LogP) is 2.03. The summed E-state index contributed by atoms with van der Waals surface area (Å²) in [6.07, 6.45) is 3.25. The third-order valence-corrected chi connectivity index (χ3v) is 2.52. The molecule has 1 aromatic heterocycles. The lowest BCUT2D eigenvalue weighted by molar-refractivity contribution is 0.103. The first-order valence-corrected chi connectivity index (χ1v) is 5.49. The van der Waals surface area contributed by atoms with E-state index in [1.54, 1.807) is 24.5 Å². The second-order valence-corrected chi connectivity index (χ2v) is 3.80. The number of hydrogen-bond acceptors (Lipinski definition) is 3. The fourth-order valence-electron chi connectivity index (χ4n) is 1.64. The van der Waals surface area contributed by atoms with E-state index in [0.29, 0.717) is 11.1 Å². The van der Waals surface area contributed by atoms with E-state index in [1.165, 1.54) is 0 Å². The minimum Gasteiger partial charge on any atom is -0.316 e. The van der Waals surface area contributed by atoms with Gasteiger partial charge in [0, 0.05) is 30.1 Å². The monoisotopic (exact) mass is 226 g/mol. The summed E-state index contributed by atoms with van der Waals surface area (Å²) in [5.41, 5.74) is 2.47. The van der Waals surface area contributed by atoms with Gasteiger partial charge in [0.1, 0.15) is 0 Å². The molecule has 2 rings (SSSR count). The van der Waals surface area contributed by atoms with Crippen LogP contribution >= 0.6 is 0 Å². The van der Waals surface area contributed by atoms with Gasteiger partial charge in [-0.2, -0.15) is 0 Å². The van der Waals surface area contributed by atoms with Gasteiger partial charge in [-0.3, -0.25) is 9.78 Å². The maximum atomic E-state index is 12.1. The smallest absolute Gasteiger partial charge is 0.194 e. The zero-order chi connectivity index (χ0) is 12.1. The van der Waals surface area contributed by atoms with Gasteiger partial charge >= 0.3 is 0 Å². The average molecular weight is 226 g/mol. The number of pyridine rings is 1. The molecule has 0 aliphatic heterocycles. The second-order valence-electron chi connectivity index (χ2n) is 3.80. The molecule has 2 aromatic rings. The zero-order valence-electron chi connectivity index (χ0n) is 9.68.